The second-order valence-electron chi connectivity index (χ2n) is 5.68. The summed E-state index contributed by atoms with van der Waals surface area (Å²) in [5, 5.41) is 0. The molecule has 1 aromatic heterocycles. The van der Waals surface area contributed by atoms with Gasteiger partial charge in [-0.2, -0.15) is 0 Å². The van der Waals surface area contributed by atoms with Crippen molar-refractivity contribution in [1.82, 2.24) is 4.57 Å². The largest absolute Gasteiger partial charge is 0.454 e. The smallest absolute Gasteiger partial charge is 0.419 e. The van der Waals surface area contributed by atoms with Gasteiger partial charge in [-0.1, -0.05) is 0 Å². The molecule has 0 spiro atoms. The van der Waals surface area contributed by atoms with E-state index < -0.39 is 15.8 Å². The number of nitrogens with one attached hydrogen (secondary N) is 1. The molecule has 0 aliphatic carbocycles. The molecule has 0 saturated heterocycles. The molecule has 0 bridgehead atoms. The van der Waals surface area contributed by atoms with Gasteiger partial charge >= 0.3 is 5.76 Å². The summed E-state index contributed by atoms with van der Waals surface area (Å²) >= 11 is 0. The van der Waals surface area contributed by atoms with Crippen LogP contribution in [0.5, 0.6) is 11.5 Å². The minimum atomic E-state index is -3.86. The number of rotatable bonds is 3. The van der Waals surface area contributed by atoms with Gasteiger partial charge in [-0.3, -0.25) is 9.29 Å². The summed E-state index contributed by atoms with van der Waals surface area (Å²) in [7, 11) is -2.34. The molecule has 2 heterocycles. The predicted molar refractivity (Wildman–Crippen MR) is 89.6 cm³/mol. The van der Waals surface area contributed by atoms with Gasteiger partial charge in [0.1, 0.15) is 0 Å². The lowest BCUT2D eigenvalue weighted by Crippen LogP contribution is -2.14. The number of fused-ring (bicyclic) bond motifs is 2. The van der Waals surface area contributed by atoms with Crippen LogP contribution in [0.3, 0.4) is 0 Å². The summed E-state index contributed by atoms with van der Waals surface area (Å²) in [5.41, 5.74) is 1.82. The molecule has 0 radical (unpaired) electrons. The van der Waals surface area contributed by atoms with E-state index in [9.17, 15) is 13.2 Å². The van der Waals surface area contributed by atoms with E-state index in [1.54, 1.807) is 19.1 Å². The Kier molecular flexibility index (Phi) is 3.29. The first-order valence-electron chi connectivity index (χ1n) is 7.38. The minimum absolute atomic E-state index is 0.0217. The normalized spacial score (nSPS) is 13.4. The zero-order chi connectivity index (χ0) is 17.8. The van der Waals surface area contributed by atoms with Gasteiger partial charge in [0.25, 0.3) is 10.0 Å². The molecule has 25 heavy (non-hydrogen) atoms. The van der Waals surface area contributed by atoms with E-state index in [0.717, 1.165) is 0 Å². The monoisotopic (exact) mass is 362 g/mol. The molecule has 130 valence electrons. The van der Waals surface area contributed by atoms with Gasteiger partial charge < -0.3 is 13.9 Å². The number of benzene rings is 2. The third-order valence-corrected chi connectivity index (χ3v) is 5.40. The van der Waals surface area contributed by atoms with Crippen LogP contribution in [0.15, 0.2) is 44.4 Å². The predicted octanol–water partition coefficient (Wildman–Crippen LogP) is 1.97. The molecule has 0 unspecified atom stereocenters. The molecule has 0 atom stereocenters. The first-order valence-corrected chi connectivity index (χ1v) is 8.86. The third-order valence-electron chi connectivity index (χ3n) is 4.04. The van der Waals surface area contributed by atoms with Crippen molar-refractivity contribution < 1.29 is 22.3 Å². The molecule has 0 fully saturated rings. The van der Waals surface area contributed by atoms with Crippen LogP contribution in [0.2, 0.25) is 0 Å². The Morgan fingerprint density at radius 2 is 1.84 bits per heavy atom. The average Bonchev–Trinajstić information content (AvgIpc) is 3.12. The molecule has 0 saturated carbocycles. The van der Waals surface area contributed by atoms with Crippen molar-refractivity contribution >= 4 is 26.8 Å². The Hall–Kier alpha value is -2.94. The molecule has 4 rings (SSSR count). The van der Waals surface area contributed by atoms with Crippen molar-refractivity contribution in [3.05, 3.63) is 46.4 Å². The summed E-state index contributed by atoms with van der Waals surface area (Å²) in [4.78, 5) is 11.6. The van der Waals surface area contributed by atoms with Crippen molar-refractivity contribution in [2.24, 2.45) is 7.05 Å². The van der Waals surface area contributed by atoms with Crippen molar-refractivity contribution in [1.29, 1.82) is 0 Å². The van der Waals surface area contributed by atoms with Gasteiger partial charge in [0.05, 0.1) is 16.1 Å². The maximum absolute atomic E-state index is 12.7. The average molecular weight is 362 g/mol. The molecule has 1 aliphatic rings. The molecule has 9 heteroatoms. The highest BCUT2D eigenvalue weighted by atomic mass is 32.2. The number of anilines is 1. The highest BCUT2D eigenvalue weighted by molar-refractivity contribution is 7.92. The quantitative estimate of drug-likeness (QED) is 0.765. The third kappa shape index (κ3) is 2.52. The van der Waals surface area contributed by atoms with Crippen LogP contribution < -0.4 is 20.0 Å². The van der Waals surface area contributed by atoms with Crippen LogP contribution in [-0.2, 0) is 17.1 Å². The Morgan fingerprint density at radius 1 is 1.12 bits per heavy atom. The summed E-state index contributed by atoms with van der Waals surface area (Å²) in [5.74, 6) is 0.510. The van der Waals surface area contributed by atoms with Crippen molar-refractivity contribution in [3.63, 3.8) is 0 Å². The van der Waals surface area contributed by atoms with Crippen molar-refractivity contribution in [3.8, 4) is 11.5 Å². The molecule has 3 aromatic rings. The number of hydrogen-bond acceptors (Lipinski definition) is 6. The van der Waals surface area contributed by atoms with Gasteiger partial charge in [-0.05, 0) is 36.8 Å². The van der Waals surface area contributed by atoms with Gasteiger partial charge in [-0.25, -0.2) is 13.2 Å². The zero-order valence-corrected chi connectivity index (χ0v) is 14.2. The molecular weight excluding hydrogens is 348 g/mol. The summed E-state index contributed by atoms with van der Waals surface area (Å²) < 4.78 is 44.8. The lowest BCUT2D eigenvalue weighted by Gasteiger charge is -2.11. The van der Waals surface area contributed by atoms with E-state index in [2.05, 4.69) is 4.72 Å². The highest BCUT2D eigenvalue weighted by Gasteiger charge is 2.21. The highest BCUT2D eigenvalue weighted by Crippen LogP contribution is 2.37. The molecular formula is C16H14N2O6S. The molecule has 0 amide bonds. The Balaban J connectivity index is 1.75. The number of nitrogens with zero attached hydrogens (tertiary/aromatic N) is 1. The van der Waals surface area contributed by atoms with Crippen LogP contribution in [0.1, 0.15) is 5.56 Å². The Bertz CT molecular complexity index is 1160. The van der Waals surface area contributed by atoms with Crippen LogP contribution in [0, 0.1) is 6.92 Å². The van der Waals surface area contributed by atoms with Crippen molar-refractivity contribution in [2.45, 2.75) is 11.8 Å². The summed E-state index contributed by atoms with van der Waals surface area (Å²) in [6.45, 7) is 1.87. The van der Waals surface area contributed by atoms with Crippen LogP contribution in [0.4, 0.5) is 5.69 Å². The summed E-state index contributed by atoms with van der Waals surface area (Å²) in [6.07, 6.45) is 0. The van der Waals surface area contributed by atoms with Gasteiger partial charge in [0.2, 0.25) is 6.79 Å². The van der Waals surface area contributed by atoms with Gasteiger partial charge in [0, 0.05) is 13.1 Å². The Morgan fingerprint density at radius 3 is 2.60 bits per heavy atom. The number of ether oxygens (including phenoxy) is 2. The fourth-order valence-corrected chi connectivity index (χ4v) is 3.77. The van der Waals surface area contributed by atoms with E-state index in [0.29, 0.717) is 33.8 Å². The lowest BCUT2D eigenvalue weighted by atomic mass is 10.2. The number of sulfonamides is 1. The second kappa shape index (κ2) is 5.28. The van der Waals surface area contributed by atoms with Gasteiger partial charge in [0.15, 0.2) is 17.1 Å². The van der Waals surface area contributed by atoms with Crippen LogP contribution in [-0.4, -0.2) is 19.8 Å². The molecule has 2 aromatic carbocycles. The van der Waals surface area contributed by atoms with Crippen molar-refractivity contribution in [2.75, 3.05) is 11.5 Å². The fraction of sp³-hybridized carbons (Fsp3) is 0.188. The maximum atomic E-state index is 12.7. The first kappa shape index (κ1) is 15.6. The fourth-order valence-electron chi connectivity index (χ4n) is 2.63. The Labute approximate surface area is 142 Å². The zero-order valence-electron chi connectivity index (χ0n) is 13.4. The van der Waals surface area contributed by atoms with E-state index in [4.69, 9.17) is 13.9 Å². The second-order valence-corrected chi connectivity index (χ2v) is 7.36. The number of oxazole rings is 1. The van der Waals surface area contributed by atoms with E-state index in [1.165, 1.54) is 29.8 Å². The number of aryl methyl sites for hydroxylation is 2. The molecule has 1 aliphatic heterocycles. The van der Waals surface area contributed by atoms with Crippen LogP contribution in [0.25, 0.3) is 11.1 Å². The number of hydrogen-bond donors (Lipinski definition) is 1. The van der Waals surface area contributed by atoms with E-state index in [1.807, 2.05) is 0 Å². The minimum Gasteiger partial charge on any atom is -0.454 e. The van der Waals surface area contributed by atoms with E-state index >= 15 is 0 Å². The van der Waals surface area contributed by atoms with Crippen LogP contribution >= 0.6 is 0 Å². The maximum Gasteiger partial charge on any atom is 0.419 e. The van der Waals surface area contributed by atoms with Gasteiger partial charge in [-0.15, -0.1) is 0 Å². The number of aromatic nitrogens is 1. The van der Waals surface area contributed by atoms with E-state index in [-0.39, 0.29) is 11.7 Å². The lowest BCUT2D eigenvalue weighted by molar-refractivity contribution is 0.174. The SMILES string of the molecule is Cc1cc2c(cc1NS(=O)(=O)c1ccc3oc(=O)n(C)c3c1)OCO2. The standard InChI is InChI=1S/C16H14N2O6S/c1-9-5-14-15(23-8-22-14)7-11(9)17-25(20,21)10-3-4-13-12(6-10)18(2)16(19)24-13/h3-7,17H,8H2,1-2H3. The first-order chi connectivity index (χ1) is 11.8. The topological polar surface area (TPSA) is 99.8 Å². The molecule has 1 N–H and O–H groups in total. The summed E-state index contributed by atoms with van der Waals surface area (Å²) in [6, 6.07) is 7.53. The molecule has 8 nitrogen and oxygen atoms in total.